The van der Waals surface area contributed by atoms with Gasteiger partial charge in [0.2, 0.25) is 0 Å². The maximum Gasteiger partial charge on any atom is 0.337 e. The SMILES string of the molecule is COC(=O)c1cccc(OCCOc2ccc(-c3nc(SC)[nH]c(=O)c3C#N)cc2OC)c1. The number of aromatic amines is 1. The normalized spacial score (nSPS) is 10.2. The number of carbonyl (C=O) groups is 1. The summed E-state index contributed by atoms with van der Waals surface area (Å²) in [7, 11) is 2.81. The molecule has 0 aliphatic carbocycles. The molecule has 170 valence electrons. The summed E-state index contributed by atoms with van der Waals surface area (Å²) in [5.74, 6) is 0.942. The van der Waals surface area contributed by atoms with Crippen molar-refractivity contribution in [2.75, 3.05) is 33.7 Å². The number of ether oxygens (including phenoxy) is 4. The molecule has 0 aliphatic rings. The lowest BCUT2D eigenvalue weighted by Crippen LogP contribution is -2.14. The van der Waals surface area contributed by atoms with E-state index in [9.17, 15) is 14.9 Å². The number of hydrogen-bond acceptors (Lipinski definition) is 9. The van der Waals surface area contributed by atoms with Crippen molar-refractivity contribution in [3.8, 4) is 34.6 Å². The van der Waals surface area contributed by atoms with Gasteiger partial charge in [-0.1, -0.05) is 17.8 Å². The number of benzene rings is 2. The highest BCUT2D eigenvalue weighted by molar-refractivity contribution is 7.98. The second-order valence-corrected chi connectivity index (χ2v) is 7.29. The molecule has 0 saturated heterocycles. The first-order valence-electron chi connectivity index (χ1n) is 9.71. The minimum absolute atomic E-state index is 0.0777. The topological polar surface area (TPSA) is 124 Å². The van der Waals surface area contributed by atoms with Gasteiger partial charge in [0.15, 0.2) is 16.7 Å². The second kappa shape index (κ2) is 11.1. The Morgan fingerprint density at radius 1 is 1.12 bits per heavy atom. The van der Waals surface area contributed by atoms with Crippen molar-refractivity contribution in [1.82, 2.24) is 9.97 Å². The highest BCUT2D eigenvalue weighted by Crippen LogP contribution is 2.33. The molecule has 0 amide bonds. The Hall–Kier alpha value is -3.97. The summed E-state index contributed by atoms with van der Waals surface area (Å²) in [5.41, 5.74) is 0.630. The van der Waals surface area contributed by atoms with Gasteiger partial charge >= 0.3 is 5.97 Å². The molecule has 33 heavy (non-hydrogen) atoms. The molecular weight excluding hydrogens is 446 g/mol. The zero-order valence-electron chi connectivity index (χ0n) is 18.2. The van der Waals surface area contributed by atoms with E-state index < -0.39 is 11.5 Å². The predicted octanol–water partition coefficient (Wildman–Crippen LogP) is 3.28. The zero-order valence-corrected chi connectivity index (χ0v) is 19.0. The standard InChI is InChI=1S/C23H21N3O6S/c1-29-19-12-14(20-17(13-24)21(27)26-23(25-20)33-3)7-8-18(19)32-10-9-31-16-6-4-5-15(11-16)22(28)30-2/h4-8,11-12H,9-10H2,1-3H3,(H,25,26,27). The fourth-order valence-electron chi connectivity index (χ4n) is 2.94. The largest absolute Gasteiger partial charge is 0.493 e. The lowest BCUT2D eigenvalue weighted by molar-refractivity contribution is 0.0600. The quantitative estimate of drug-likeness (QED) is 0.218. The van der Waals surface area contributed by atoms with E-state index in [1.165, 1.54) is 26.0 Å². The molecule has 0 fully saturated rings. The molecule has 10 heteroatoms. The van der Waals surface area contributed by atoms with Crippen molar-refractivity contribution in [2.45, 2.75) is 5.16 Å². The Morgan fingerprint density at radius 3 is 2.61 bits per heavy atom. The van der Waals surface area contributed by atoms with Crippen LogP contribution in [0.25, 0.3) is 11.3 Å². The number of methoxy groups -OCH3 is 2. The molecular formula is C23H21N3O6S. The summed E-state index contributed by atoms with van der Waals surface area (Å²) in [6, 6.07) is 13.6. The molecule has 2 aromatic carbocycles. The van der Waals surface area contributed by atoms with Crippen LogP contribution in [-0.2, 0) is 4.74 Å². The lowest BCUT2D eigenvalue weighted by Gasteiger charge is -2.13. The molecule has 0 bridgehead atoms. The molecule has 0 radical (unpaired) electrons. The average Bonchev–Trinajstić information content (AvgIpc) is 2.85. The Bertz CT molecular complexity index is 1250. The van der Waals surface area contributed by atoms with Crippen LogP contribution in [0.3, 0.4) is 0 Å². The van der Waals surface area contributed by atoms with Crippen molar-refractivity contribution in [3.63, 3.8) is 0 Å². The fourth-order valence-corrected chi connectivity index (χ4v) is 3.32. The first-order chi connectivity index (χ1) is 16.0. The number of nitrogens with one attached hydrogen (secondary N) is 1. The maximum absolute atomic E-state index is 12.2. The van der Waals surface area contributed by atoms with E-state index in [1.807, 2.05) is 6.07 Å². The van der Waals surface area contributed by atoms with Gasteiger partial charge in [0, 0.05) is 5.56 Å². The van der Waals surface area contributed by atoms with Crippen LogP contribution in [0.15, 0.2) is 52.4 Å². The summed E-state index contributed by atoms with van der Waals surface area (Å²) in [6.45, 7) is 0.433. The number of thioether (sulfide) groups is 1. The monoisotopic (exact) mass is 467 g/mol. The Labute approximate surface area is 194 Å². The van der Waals surface area contributed by atoms with E-state index >= 15 is 0 Å². The van der Waals surface area contributed by atoms with Crippen molar-refractivity contribution in [1.29, 1.82) is 5.26 Å². The minimum Gasteiger partial charge on any atom is -0.493 e. The van der Waals surface area contributed by atoms with Gasteiger partial charge in [-0.25, -0.2) is 9.78 Å². The van der Waals surface area contributed by atoms with Crippen LogP contribution < -0.4 is 19.8 Å². The van der Waals surface area contributed by atoms with Crippen molar-refractivity contribution >= 4 is 17.7 Å². The van der Waals surface area contributed by atoms with E-state index in [0.29, 0.717) is 33.5 Å². The van der Waals surface area contributed by atoms with Crippen LogP contribution in [0.2, 0.25) is 0 Å². The maximum atomic E-state index is 12.2. The number of esters is 1. The third-order valence-corrected chi connectivity index (χ3v) is 5.08. The first kappa shape index (κ1) is 23.7. The van der Waals surface area contributed by atoms with Crippen LogP contribution in [0, 0.1) is 11.3 Å². The Balaban J connectivity index is 1.72. The van der Waals surface area contributed by atoms with Gasteiger partial charge in [-0.2, -0.15) is 5.26 Å². The molecule has 1 aromatic heterocycles. The number of rotatable bonds is 9. The van der Waals surface area contributed by atoms with Crippen LogP contribution in [0.5, 0.6) is 17.2 Å². The third-order valence-electron chi connectivity index (χ3n) is 4.50. The first-order valence-corrected chi connectivity index (χ1v) is 10.9. The third kappa shape index (κ3) is 5.64. The molecule has 0 spiro atoms. The summed E-state index contributed by atoms with van der Waals surface area (Å²) >= 11 is 1.27. The van der Waals surface area contributed by atoms with Gasteiger partial charge in [0.05, 0.1) is 25.5 Å². The predicted molar refractivity (Wildman–Crippen MR) is 122 cm³/mol. The van der Waals surface area contributed by atoms with Gasteiger partial charge in [-0.3, -0.25) is 4.79 Å². The lowest BCUT2D eigenvalue weighted by atomic mass is 10.1. The Kier molecular flexibility index (Phi) is 7.94. The summed E-state index contributed by atoms with van der Waals surface area (Å²) in [5, 5.41) is 9.80. The summed E-state index contributed by atoms with van der Waals surface area (Å²) in [4.78, 5) is 30.7. The molecule has 0 saturated carbocycles. The Morgan fingerprint density at radius 2 is 1.91 bits per heavy atom. The number of nitrogens with zero attached hydrogens (tertiary/aromatic N) is 2. The van der Waals surface area contributed by atoms with Gasteiger partial charge in [-0.15, -0.1) is 0 Å². The zero-order chi connectivity index (χ0) is 23.8. The van der Waals surface area contributed by atoms with E-state index in [1.54, 1.807) is 48.7 Å². The molecule has 0 atom stereocenters. The molecule has 3 rings (SSSR count). The number of nitriles is 1. The smallest absolute Gasteiger partial charge is 0.337 e. The fraction of sp³-hybridized carbons (Fsp3) is 0.217. The van der Waals surface area contributed by atoms with Gasteiger partial charge < -0.3 is 23.9 Å². The molecule has 0 unspecified atom stereocenters. The van der Waals surface area contributed by atoms with Gasteiger partial charge in [0.25, 0.3) is 5.56 Å². The molecule has 9 nitrogen and oxygen atoms in total. The molecule has 1 N–H and O–H groups in total. The highest BCUT2D eigenvalue weighted by atomic mass is 32.2. The van der Waals surface area contributed by atoms with E-state index in [2.05, 4.69) is 9.97 Å². The van der Waals surface area contributed by atoms with Crippen LogP contribution in [0.4, 0.5) is 0 Å². The number of aromatic nitrogens is 2. The average molecular weight is 468 g/mol. The second-order valence-electron chi connectivity index (χ2n) is 6.49. The van der Waals surface area contributed by atoms with Crippen LogP contribution in [0.1, 0.15) is 15.9 Å². The van der Waals surface area contributed by atoms with E-state index in [0.717, 1.165) is 0 Å². The van der Waals surface area contributed by atoms with Gasteiger partial charge in [-0.05, 0) is 42.7 Å². The van der Waals surface area contributed by atoms with Crippen molar-refractivity contribution in [2.24, 2.45) is 0 Å². The van der Waals surface area contributed by atoms with Crippen LogP contribution in [-0.4, -0.2) is 49.6 Å². The summed E-state index contributed by atoms with van der Waals surface area (Å²) < 4.78 is 21.5. The molecule has 0 aliphatic heterocycles. The highest BCUT2D eigenvalue weighted by Gasteiger charge is 2.16. The summed E-state index contributed by atoms with van der Waals surface area (Å²) in [6.07, 6.45) is 1.78. The number of hydrogen-bond donors (Lipinski definition) is 1. The van der Waals surface area contributed by atoms with Crippen LogP contribution >= 0.6 is 11.8 Å². The number of H-pyrrole nitrogens is 1. The van der Waals surface area contributed by atoms with Gasteiger partial charge in [0.1, 0.15) is 30.6 Å². The van der Waals surface area contributed by atoms with Crippen molar-refractivity contribution < 1.29 is 23.7 Å². The minimum atomic E-state index is -0.500. The molecule has 1 heterocycles. The van der Waals surface area contributed by atoms with E-state index in [-0.39, 0.29) is 24.5 Å². The molecule has 3 aromatic rings. The van der Waals surface area contributed by atoms with E-state index in [4.69, 9.17) is 18.9 Å². The number of carbonyl (C=O) groups excluding carboxylic acids is 1. The van der Waals surface area contributed by atoms with Crippen molar-refractivity contribution in [3.05, 3.63) is 63.9 Å².